The van der Waals surface area contributed by atoms with Gasteiger partial charge in [-0.25, -0.2) is 15.0 Å². The molecule has 3 amide bonds. The number of nitrogens with zero attached hydrogens (tertiary/aromatic N) is 16. The van der Waals surface area contributed by atoms with Crippen molar-refractivity contribution in [2.24, 2.45) is 15.0 Å². The van der Waals surface area contributed by atoms with E-state index in [9.17, 15) is 14.4 Å². The zero-order chi connectivity index (χ0) is 62.9. The van der Waals surface area contributed by atoms with Crippen molar-refractivity contribution in [1.29, 1.82) is 0 Å². The second kappa shape index (κ2) is 27.8. The average Bonchev–Trinajstić information content (AvgIpc) is 1.31. The number of aromatic nitrogens is 9. The second-order valence-electron chi connectivity index (χ2n) is 27.7. The van der Waals surface area contributed by atoms with Gasteiger partial charge in [0.05, 0.1) is 58.3 Å². The number of hydrogen-bond acceptors (Lipinski definition) is 27. The van der Waals surface area contributed by atoms with Gasteiger partial charge in [0, 0.05) is 117 Å². The standard InChI is InChI=1S/C58H94N24O6/c1-53(2)29-38(30-54(3,4)76-53)64-49-69-44(67-46(71-49)61-35-41(83)79-17-23-86-24-18-79)59-13-15-82(52-74-48(63-37-43(85)81-21-27-88-28-22-81)73-51(75-52)66-40-33-57(9,10)78-58(11,12)34-40)16-14-60-45-68-47(62-36-42(84)80-19-25-87-26-20-80)72-50(70-45)65-39-31-55(5,6)77-56(7,8)32-39/h35-40,76-78H,13-34H2,1-12H3,(H,66,73,74,75)(H2,59,64,67,69,71)(H2,60,65,68,70,72)/b61-35+,62-36+,63-37+. The first-order valence-corrected chi connectivity index (χ1v) is 31.0. The lowest BCUT2D eigenvalue weighted by Gasteiger charge is -2.46. The molecule has 6 aliphatic heterocycles. The zero-order valence-corrected chi connectivity index (χ0v) is 53.6. The SMILES string of the molecule is CC1(C)CC(Nc2nc(/N=C/C(=O)N3CCOCC3)nc(NCCN(CCNc3nc(/N=C/C(=O)N4CCOCC4)nc(NC4CC(C)(C)NC(C)(C)C4)n3)c3nc(/N=C/C(=O)N4CCOCC4)nc(NC4CC(C)(C)NC(C)(C)C4)n3)n2)CC(C)(C)N1. The molecular formula is C58H94N24O6. The Hall–Kier alpha value is -6.99. The maximum atomic E-state index is 13.5. The summed E-state index contributed by atoms with van der Waals surface area (Å²) < 4.78 is 16.4. The van der Waals surface area contributed by atoms with Gasteiger partial charge in [-0.3, -0.25) is 14.4 Å². The van der Waals surface area contributed by atoms with Crippen LogP contribution in [0.5, 0.6) is 0 Å². The van der Waals surface area contributed by atoms with Crippen LogP contribution in [0.25, 0.3) is 0 Å². The van der Waals surface area contributed by atoms with Crippen molar-refractivity contribution >= 4 is 89.9 Å². The van der Waals surface area contributed by atoms with E-state index in [1.807, 2.05) is 4.90 Å². The summed E-state index contributed by atoms with van der Waals surface area (Å²) in [6.07, 6.45) is 8.47. The van der Waals surface area contributed by atoms with Crippen LogP contribution in [-0.4, -0.2) is 252 Å². The Bertz CT molecular complexity index is 2810. The number of hydrogen-bond donors (Lipinski definition) is 8. The molecule has 482 valence electrons. The first kappa shape index (κ1) is 65.5. The van der Waals surface area contributed by atoms with E-state index in [1.54, 1.807) is 14.7 Å². The summed E-state index contributed by atoms with van der Waals surface area (Å²) in [5, 5.41) is 28.8. The quantitative estimate of drug-likeness (QED) is 0.0710. The van der Waals surface area contributed by atoms with Gasteiger partial charge < -0.3 is 76.3 Å². The largest absolute Gasteiger partial charge is 0.378 e. The molecule has 0 aliphatic carbocycles. The molecule has 3 aromatic rings. The molecule has 3 aromatic heterocycles. The van der Waals surface area contributed by atoms with Gasteiger partial charge in [-0.05, 0) is 122 Å². The summed E-state index contributed by atoms with van der Waals surface area (Å²) in [6, 6.07) is -0.0208. The van der Waals surface area contributed by atoms with E-state index in [0.717, 1.165) is 38.5 Å². The van der Waals surface area contributed by atoms with Crippen LogP contribution in [0.3, 0.4) is 0 Å². The summed E-state index contributed by atoms with van der Waals surface area (Å²) in [6.45, 7) is 32.5. The van der Waals surface area contributed by atoms with Crippen LogP contribution in [-0.2, 0) is 28.6 Å². The van der Waals surface area contributed by atoms with E-state index in [4.69, 9.17) is 59.1 Å². The summed E-state index contributed by atoms with van der Waals surface area (Å²) in [7, 11) is 0. The third-order valence-electron chi connectivity index (χ3n) is 15.9. The number of morpholine rings is 3. The molecule has 6 saturated heterocycles. The molecular weight excluding hydrogens is 1130 g/mol. The van der Waals surface area contributed by atoms with Crippen LogP contribution >= 0.6 is 0 Å². The Morgan fingerprint density at radius 3 is 1.01 bits per heavy atom. The van der Waals surface area contributed by atoms with Crippen molar-refractivity contribution in [3.63, 3.8) is 0 Å². The van der Waals surface area contributed by atoms with E-state index >= 15 is 0 Å². The summed E-state index contributed by atoms with van der Waals surface area (Å²) in [5.41, 5.74) is -1.08. The minimum Gasteiger partial charge on any atom is -0.378 e. The predicted molar refractivity (Wildman–Crippen MR) is 339 cm³/mol. The Morgan fingerprint density at radius 1 is 0.432 bits per heavy atom. The van der Waals surface area contributed by atoms with Crippen LogP contribution in [0.4, 0.5) is 53.5 Å². The molecule has 0 aromatic carbocycles. The van der Waals surface area contributed by atoms with Crippen molar-refractivity contribution in [2.75, 3.05) is 137 Å². The van der Waals surface area contributed by atoms with Gasteiger partial charge >= 0.3 is 0 Å². The first-order chi connectivity index (χ1) is 41.6. The van der Waals surface area contributed by atoms with Crippen LogP contribution in [0.2, 0.25) is 0 Å². The topological polar surface area (TPSA) is 341 Å². The number of ether oxygens (including phenoxy) is 3. The van der Waals surface area contributed by atoms with Crippen LogP contribution in [0, 0.1) is 0 Å². The van der Waals surface area contributed by atoms with Crippen LogP contribution in [0.15, 0.2) is 15.0 Å². The van der Waals surface area contributed by atoms with Gasteiger partial charge in [0.2, 0.25) is 35.7 Å². The normalized spacial score (nSPS) is 22.2. The summed E-state index contributed by atoms with van der Waals surface area (Å²) in [5.74, 6) is 0.929. The van der Waals surface area contributed by atoms with E-state index in [1.165, 1.54) is 18.6 Å². The highest BCUT2D eigenvalue weighted by Gasteiger charge is 2.41. The minimum absolute atomic E-state index is 0.00606. The Kier molecular flexibility index (Phi) is 20.7. The molecule has 30 nitrogen and oxygen atoms in total. The van der Waals surface area contributed by atoms with Crippen molar-refractivity contribution in [1.82, 2.24) is 75.5 Å². The molecule has 0 atom stereocenters. The van der Waals surface area contributed by atoms with E-state index in [2.05, 4.69) is 141 Å². The van der Waals surface area contributed by atoms with Crippen molar-refractivity contribution in [2.45, 2.75) is 173 Å². The van der Waals surface area contributed by atoms with Gasteiger partial charge in [-0.1, -0.05) is 0 Å². The highest BCUT2D eigenvalue weighted by Crippen LogP contribution is 2.33. The van der Waals surface area contributed by atoms with E-state index < -0.39 is 0 Å². The van der Waals surface area contributed by atoms with Gasteiger partial charge in [0.15, 0.2) is 0 Å². The van der Waals surface area contributed by atoms with Gasteiger partial charge in [-0.15, -0.1) is 0 Å². The van der Waals surface area contributed by atoms with Gasteiger partial charge in [-0.2, -0.15) is 44.9 Å². The Balaban J connectivity index is 1.03. The first-order valence-electron chi connectivity index (χ1n) is 31.0. The third kappa shape index (κ3) is 19.8. The lowest BCUT2D eigenvalue weighted by Crippen LogP contribution is -2.60. The highest BCUT2D eigenvalue weighted by atomic mass is 16.5. The Morgan fingerprint density at radius 2 is 0.705 bits per heavy atom. The van der Waals surface area contributed by atoms with Crippen molar-refractivity contribution < 1.29 is 28.6 Å². The lowest BCUT2D eigenvalue weighted by atomic mass is 9.79. The predicted octanol–water partition coefficient (Wildman–Crippen LogP) is 3.12. The van der Waals surface area contributed by atoms with Crippen LogP contribution in [0.1, 0.15) is 122 Å². The van der Waals surface area contributed by atoms with Crippen LogP contribution < -0.4 is 47.4 Å². The molecule has 0 unspecified atom stereocenters. The molecule has 0 saturated carbocycles. The molecule has 8 N–H and O–H groups in total. The second-order valence-corrected chi connectivity index (χ2v) is 27.7. The van der Waals surface area contributed by atoms with Crippen molar-refractivity contribution in [3.8, 4) is 0 Å². The molecule has 6 fully saturated rings. The smallest absolute Gasteiger partial charge is 0.265 e. The third-order valence-corrected chi connectivity index (χ3v) is 15.9. The lowest BCUT2D eigenvalue weighted by molar-refractivity contribution is -0.128. The van der Waals surface area contributed by atoms with E-state index in [0.29, 0.717) is 96.8 Å². The number of anilines is 6. The number of rotatable bonds is 21. The molecule has 9 heterocycles. The highest BCUT2D eigenvalue weighted by molar-refractivity contribution is 6.27. The fraction of sp³-hybridized carbons (Fsp3) is 0.741. The number of carbonyl (C=O) groups is 3. The maximum Gasteiger partial charge on any atom is 0.265 e. The minimum atomic E-state index is -0.284. The fourth-order valence-corrected chi connectivity index (χ4v) is 13.4. The molecule has 0 spiro atoms. The maximum absolute atomic E-state index is 13.5. The summed E-state index contributed by atoms with van der Waals surface area (Å²) in [4.78, 5) is 104. The number of piperidine rings is 3. The number of aliphatic imine (C=N–C) groups is 3. The number of amides is 3. The monoisotopic (exact) mass is 1220 g/mol. The van der Waals surface area contributed by atoms with E-state index in [-0.39, 0.29) is 131 Å². The van der Waals surface area contributed by atoms with Gasteiger partial charge in [0.1, 0.15) is 0 Å². The zero-order valence-electron chi connectivity index (χ0n) is 53.6. The Labute approximate surface area is 516 Å². The summed E-state index contributed by atoms with van der Waals surface area (Å²) >= 11 is 0. The molecule has 6 aliphatic rings. The number of carbonyl (C=O) groups excluding carboxylic acids is 3. The molecule has 0 bridgehead atoms. The van der Waals surface area contributed by atoms with Gasteiger partial charge in [0.25, 0.3) is 35.6 Å². The average molecular weight is 1220 g/mol. The van der Waals surface area contributed by atoms with Crippen molar-refractivity contribution in [3.05, 3.63) is 0 Å². The fourth-order valence-electron chi connectivity index (χ4n) is 13.4. The molecule has 0 radical (unpaired) electrons. The molecule has 88 heavy (non-hydrogen) atoms. The number of nitrogens with one attached hydrogen (secondary N) is 8. The molecule has 30 heteroatoms. The molecule has 9 rings (SSSR count).